The fourth-order valence-electron chi connectivity index (χ4n) is 1.55. The van der Waals surface area contributed by atoms with Gasteiger partial charge in [0.05, 0.1) is 11.6 Å². The Morgan fingerprint density at radius 2 is 1.95 bits per heavy atom. The van der Waals surface area contributed by atoms with Crippen LogP contribution in [-0.4, -0.2) is 24.1 Å². The van der Waals surface area contributed by atoms with Gasteiger partial charge in [0.15, 0.2) is 0 Å². The smallest absolute Gasteiger partial charge is 0.223 e. The highest BCUT2D eigenvalue weighted by Crippen LogP contribution is 2.29. The Kier molecular flexibility index (Phi) is 4.06. The molecule has 0 amide bonds. The van der Waals surface area contributed by atoms with Gasteiger partial charge < -0.3 is 21.1 Å². The first-order valence-corrected chi connectivity index (χ1v) is 6.34. The second kappa shape index (κ2) is 5.75. The van der Waals surface area contributed by atoms with Gasteiger partial charge in [0.2, 0.25) is 5.95 Å². The number of methoxy groups -OCH3 is 1. The van der Waals surface area contributed by atoms with Crippen LogP contribution < -0.4 is 21.1 Å². The quantitative estimate of drug-likeness (QED) is 0.802. The molecule has 0 saturated carbocycles. The zero-order valence-corrected chi connectivity index (χ0v) is 12.2. The second-order valence-electron chi connectivity index (χ2n) is 3.72. The summed E-state index contributed by atoms with van der Waals surface area (Å²) in [4.78, 5) is 8.14. The standard InChI is InChI=1S/C12H14BrN5O/c1-15-10-6-11(18-12(14)17-10)16-7-3-4-9(19-2)8(13)5-7/h3-6H,1-2H3,(H4,14,15,16,17,18). The summed E-state index contributed by atoms with van der Waals surface area (Å²) in [6.45, 7) is 0. The van der Waals surface area contributed by atoms with E-state index in [1.807, 2.05) is 18.2 Å². The van der Waals surface area contributed by atoms with Crippen molar-refractivity contribution in [1.29, 1.82) is 0 Å². The van der Waals surface area contributed by atoms with Crippen LogP contribution in [0.4, 0.5) is 23.3 Å². The highest BCUT2D eigenvalue weighted by molar-refractivity contribution is 9.10. The number of aromatic nitrogens is 2. The van der Waals surface area contributed by atoms with E-state index >= 15 is 0 Å². The topological polar surface area (TPSA) is 85.1 Å². The zero-order chi connectivity index (χ0) is 13.8. The third-order valence-corrected chi connectivity index (χ3v) is 3.04. The highest BCUT2D eigenvalue weighted by Gasteiger charge is 2.04. The summed E-state index contributed by atoms with van der Waals surface area (Å²) in [6.07, 6.45) is 0. The fourth-order valence-corrected chi connectivity index (χ4v) is 2.09. The van der Waals surface area contributed by atoms with Gasteiger partial charge >= 0.3 is 0 Å². The summed E-state index contributed by atoms with van der Waals surface area (Å²) in [5.74, 6) is 2.25. The molecule has 0 aliphatic rings. The Labute approximate surface area is 119 Å². The molecule has 0 aliphatic carbocycles. The van der Waals surface area contributed by atoms with Gasteiger partial charge in [0.1, 0.15) is 17.4 Å². The van der Waals surface area contributed by atoms with E-state index in [2.05, 4.69) is 36.5 Å². The van der Waals surface area contributed by atoms with E-state index in [1.165, 1.54) is 0 Å². The molecule has 0 bridgehead atoms. The molecule has 1 aromatic carbocycles. The van der Waals surface area contributed by atoms with Gasteiger partial charge in [-0.3, -0.25) is 0 Å². The van der Waals surface area contributed by atoms with Gasteiger partial charge in [0, 0.05) is 18.8 Å². The normalized spacial score (nSPS) is 10.1. The molecule has 2 aromatic rings. The summed E-state index contributed by atoms with van der Waals surface area (Å²) in [6, 6.07) is 7.42. The van der Waals surface area contributed by atoms with Crippen molar-refractivity contribution in [1.82, 2.24) is 9.97 Å². The summed E-state index contributed by atoms with van der Waals surface area (Å²) in [5.41, 5.74) is 6.50. The fraction of sp³-hybridized carbons (Fsp3) is 0.167. The molecule has 4 N–H and O–H groups in total. The van der Waals surface area contributed by atoms with E-state index in [9.17, 15) is 0 Å². The Bertz CT molecular complexity index is 590. The lowest BCUT2D eigenvalue weighted by Gasteiger charge is -2.10. The second-order valence-corrected chi connectivity index (χ2v) is 4.58. The van der Waals surface area contributed by atoms with Crippen LogP contribution >= 0.6 is 15.9 Å². The molecule has 2 rings (SSSR count). The molecule has 19 heavy (non-hydrogen) atoms. The van der Waals surface area contributed by atoms with E-state index < -0.39 is 0 Å². The van der Waals surface area contributed by atoms with Gasteiger partial charge in [-0.05, 0) is 34.1 Å². The molecule has 0 spiro atoms. The van der Waals surface area contributed by atoms with Crippen molar-refractivity contribution < 1.29 is 4.74 Å². The minimum Gasteiger partial charge on any atom is -0.496 e. The van der Waals surface area contributed by atoms with Crippen molar-refractivity contribution in [2.45, 2.75) is 0 Å². The first-order chi connectivity index (χ1) is 9.12. The van der Waals surface area contributed by atoms with Crippen molar-refractivity contribution in [3.63, 3.8) is 0 Å². The molecular formula is C12H14BrN5O. The van der Waals surface area contributed by atoms with E-state index in [0.29, 0.717) is 11.6 Å². The number of benzene rings is 1. The van der Waals surface area contributed by atoms with Gasteiger partial charge in [0.25, 0.3) is 0 Å². The van der Waals surface area contributed by atoms with Crippen LogP contribution in [0.3, 0.4) is 0 Å². The number of rotatable bonds is 4. The number of nitrogens with two attached hydrogens (primary N) is 1. The Hall–Kier alpha value is -2.02. The number of nitrogens with one attached hydrogen (secondary N) is 2. The zero-order valence-electron chi connectivity index (χ0n) is 10.6. The van der Waals surface area contributed by atoms with E-state index in [1.54, 1.807) is 20.2 Å². The molecule has 100 valence electrons. The Morgan fingerprint density at radius 1 is 1.21 bits per heavy atom. The first-order valence-electron chi connectivity index (χ1n) is 5.55. The van der Waals surface area contributed by atoms with Gasteiger partial charge in [-0.25, -0.2) is 0 Å². The number of ether oxygens (including phenoxy) is 1. The molecule has 0 fully saturated rings. The average molecular weight is 324 g/mol. The van der Waals surface area contributed by atoms with Crippen molar-refractivity contribution in [2.24, 2.45) is 0 Å². The van der Waals surface area contributed by atoms with Crippen molar-refractivity contribution in [3.8, 4) is 5.75 Å². The molecule has 6 nitrogen and oxygen atoms in total. The van der Waals surface area contributed by atoms with E-state index in [0.717, 1.165) is 15.9 Å². The molecular weight excluding hydrogens is 310 g/mol. The molecule has 1 aromatic heterocycles. The van der Waals surface area contributed by atoms with Crippen LogP contribution in [0.15, 0.2) is 28.7 Å². The molecule has 0 radical (unpaired) electrons. The van der Waals surface area contributed by atoms with Crippen LogP contribution in [0.1, 0.15) is 0 Å². The Balaban J connectivity index is 2.25. The van der Waals surface area contributed by atoms with Crippen LogP contribution in [0.25, 0.3) is 0 Å². The monoisotopic (exact) mass is 323 g/mol. The van der Waals surface area contributed by atoms with E-state index in [4.69, 9.17) is 10.5 Å². The minimum absolute atomic E-state index is 0.210. The first kappa shape index (κ1) is 13.4. The lowest BCUT2D eigenvalue weighted by Crippen LogP contribution is -2.03. The maximum atomic E-state index is 5.63. The van der Waals surface area contributed by atoms with Crippen molar-refractivity contribution in [2.75, 3.05) is 30.5 Å². The third kappa shape index (κ3) is 3.25. The van der Waals surface area contributed by atoms with Crippen LogP contribution in [-0.2, 0) is 0 Å². The SMILES string of the molecule is CNc1cc(Nc2ccc(OC)c(Br)c2)nc(N)n1. The molecule has 0 aliphatic heterocycles. The largest absolute Gasteiger partial charge is 0.496 e. The van der Waals surface area contributed by atoms with E-state index in [-0.39, 0.29) is 5.95 Å². The average Bonchev–Trinajstić information content (AvgIpc) is 2.38. The number of nitrogens with zero attached hydrogens (tertiary/aromatic N) is 2. The maximum absolute atomic E-state index is 5.63. The van der Waals surface area contributed by atoms with Crippen molar-refractivity contribution in [3.05, 3.63) is 28.7 Å². The highest BCUT2D eigenvalue weighted by atomic mass is 79.9. The lowest BCUT2D eigenvalue weighted by atomic mass is 10.3. The molecule has 7 heteroatoms. The van der Waals surface area contributed by atoms with Gasteiger partial charge in [-0.15, -0.1) is 0 Å². The summed E-state index contributed by atoms with van der Waals surface area (Å²) in [7, 11) is 3.40. The summed E-state index contributed by atoms with van der Waals surface area (Å²) in [5, 5.41) is 6.08. The number of nitrogen functional groups attached to an aromatic ring is 1. The number of hydrogen-bond donors (Lipinski definition) is 3. The number of halogens is 1. The Morgan fingerprint density at radius 3 is 2.58 bits per heavy atom. The predicted octanol–water partition coefficient (Wildman–Crippen LogP) is 2.62. The van der Waals surface area contributed by atoms with Crippen LogP contribution in [0, 0.1) is 0 Å². The lowest BCUT2D eigenvalue weighted by molar-refractivity contribution is 0.412. The van der Waals surface area contributed by atoms with Gasteiger partial charge in [-0.1, -0.05) is 0 Å². The third-order valence-electron chi connectivity index (χ3n) is 2.42. The molecule has 1 heterocycles. The summed E-state index contributed by atoms with van der Waals surface area (Å²) >= 11 is 3.43. The predicted molar refractivity (Wildman–Crippen MR) is 80.0 cm³/mol. The number of hydrogen-bond acceptors (Lipinski definition) is 6. The van der Waals surface area contributed by atoms with Crippen LogP contribution in [0.5, 0.6) is 5.75 Å². The minimum atomic E-state index is 0.210. The summed E-state index contributed by atoms with van der Waals surface area (Å²) < 4.78 is 6.03. The molecule has 0 saturated heterocycles. The number of anilines is 4. The maximum Gasteiger partial charge on any atom is 0.223 e. The van der Waals surface area contributed by atoms with Crippen molar-refractivity contribution >= 4 is 39.2 Å². The molecule has 0 unspecified atom stereocenters. The van der Waals surface area contributed by atoms with Gasteiger partial charge in [-0.2, -0.15) is 9.97 Å². The molecule has 0 atom stereocenters. The van der Waals surface area contributed by atoms with Crippen LogP contribution in [0.2, 0.25) is 0 Å².